The molecular formula is C10H10BrNO3. The highest BCUT2D eigenvalue weighted by molar-refractivity contribution is 9.11. The molecule has 4 nitrogen and oxygen atoms in total. The number of halogens is 1. The van der Waals surface area contributed by atoms with Crippen LogP contribution in [0.5, 0.6) is 11.5 Å². The van der Waals surface area contributed by atoms with E-state index in [1.165, 1.54) is 18.2 Å². The fourth-order valence-electron chi connectivity index (χ4n) is 0.986. The summed E-state index contributed by atoms with van der Waals surface area (Å²) in [4.78, 5) is 11.5. The quantitative estimate of drug-likeness (QED) is 0.734. The van der Waals surface area contributed by atoms with Crippen LogP contribution in [0.15, 0.2) is 29.3 Å². The van der Waals surface area contributed by atoms with Gasteiger partial charge in [-0.15, -0.1) is 0 Å². The molecule has 1 aromatic carbocycles. The lowest BCUT2D eigenvalue weighted by molar-refractivity contribution is 0.0954. The van der Waals surface area contributed by atoms with Gasteiger partial charge in [0.15, 0.2) is 11.5 Å². The maximum atomic E-state index is 11.5. The highest BCUT2D eigenvalue weighted by Gasteiger charge is 2.12. The van der Waals surface area contributed by atoms with Crippen molar-refractivity contribution in [3.05, 3.63) is 34.8 Å². The monoisotopic (exact) mass is 271 g/mol. The first-order chi connectivity index (χ1) is 7.02. The number of phenols is 2. The Balaban J connectivity index is 2.82. The molecule has 5 heteroatoms. The third kappa shape index (κ3) is 2.99. The first kappa shape index (κ1) is 11.6. The summed E-state index contributed by atoms with van der Waals surface area (Å²) in [5, 5.41) is 21.1. The predicted octanol–water partition coefficient (Wildman–Crippen LogP) is 1.74. The van der Waals surface area contributed by atoms with Gasteiger partial charge in [-0.25, -0.2) is 0 Å². The van der Waals surface area contributed by atoms with Crippen molar-refractivity contribution in [1.82, 2.24) is 5.32 Å². The van der Waals surface area contributed by atoms with Crippen molar-refractivity contribution in [1.29, 1.82) is 0 Å². The Morgan fingerprint density at radius 2 is 2.13 bits per heavy atom. The number of amides is 1. The largest absolute Gasteiger partial charge is 0.504 e. The van der Waals surface area contributed by atoms with Crippen LogP contribution >= 0.6 is 15.9 Å². The van der Waals surface area contributed by atoms with Gasteiger partial charge in [0.1, 0.15) is 0 Å². The van der Waals surface area contributed by atoms with E-state index in [1.807, 2.05) is 0 Å². The summed E-state index contributed by atoms with van der Waals surface area (Å²) >= 11 is 3.09. The number of para-hydroxylation sites is 1. The minimum absolute atomic E-state index is 0.0313. The highest BCUT2D eigenvalue weighted by atomic mass is 79.9. The topological polar surface area (TPSA) is 69.6 Å². The van der Waals surface area contributed by atoms with Crippen molar-refractivity contribution in [2.75, 3.05) is 6.54 Å². The van der Waals surface area contributed by atoms with Crippen molar-refractivity contribution in [3.63, 3.8) is 0 Å². The van der Waals surface area contributed by atoms with Crippen molar-refractivity contribution < 1.29 is 15.0 Å². The third-order valence-corrected chi connectivity index (χ3v) is 1.98. The van der Waals surface area contributed by atoms with Crippen molar-refractivity contribution in [2.45, 2.75) is 0 Å². The van der Waals surface area contributed by atoms with Crippen LogP contribution in [0, 0.1) is 0 Å². The summed E-state index contributed by atoms with van der Waals surface area (Å²) in [6, 6.07) is 4.20. The molecule has 0 radical (unpaired) electrons. The van der Waals surface area contributed by atoms with Crippen LogP contribution in [0.4, 0.5) is 0 Å². The molecule has 15 heavy (non-hydrogen) atoms. The fourth-order valence-corrected chi connectivity index (χ4v) is 1.13. The van der Waals surface area contributed by atoms with Crippen LogP contribution in [0.1, 0.15) is 10.4 Å². The van der Waals surface area contributed by atoms with Gasteiger partial charge in [0.05, 0.1) is 5.56 Å². The van der Waals surface area contributed by atoms with Gasteiger partial charge in [0.25, 0.3) is 5.91 Å². The molecule has 3 N–H and O–H groups in total. The number of hydrogen-bond acceptors (Lipinski definition) is 3. The Kier molecular flexibility index (Phi) is 3.74. The first-order valence-corrected chi connectivity index (χ1v) is 4.94. The normalized spacial score (nSPS) is 9.67. The van der Waals surface area contributed by atoms with Gasteiger partial charge < -0.3 is 15.5 Å². The van der Waals surface area contributed by atoms with E-state index in [4.69, 9.17) is 5.11 Å². The lowest BCUT2D eigenvalue weighted by Crippen LogP contribution is -2.24. The lowest BCUT2D eigenvalue weighted by atomic mass is 10.1. The van der Waals surface area contributed by atoms with Gasteiger partial charge in [0, 0.05) is 11.0 Å². The average molecular weight is 272 g/mol. The Bertz CT molecular complexity index is 404. The molecule has 1 amide bonds. The zero-order valence-corrected chi connectivity index (χ0v) is 9.41. The number of rotatable bonds is 3. The zero-order chi connectivity index (χ0) is 11.4. The van der Waals surface area contributed by atoms with Crippen LogP contribution in [-0.4, -0.2) is 22.7 Å². The molecule has 0 aliphatic rings. The second kappa shape index (κ2) is 4.84. The summed E-state index contributed by atoms with van der Waals surface area (Å²) in [6.07, 6.45) is 0. The molecular weight excluding hydrogens is 262 g/mol. The zero-order valence-electron chi connectivity index (χ0n) is 7.83. The van der Waals surface area contributed by atoms with Crippen LogP contribution in [0.3, 0.4) is 0 Å². The molecule has 0 aromatic heterocycles. The van der Waals surface area contributed by atoms with Crippen LogP contribution in [-0.2, 0) is 0 Å². The predicted molar refractivity (Wildman–Crippen MR) is 60.2 cm³/mol. The molecule has 80 valence electrons. The smallest absolute Gasteiger partial charge is 0.255 e. The van der Waals surface area contributed by atoms with Gasteiger partial charge in [-0.05, 0) is 12.1 Å². The summed E-state index contributed by atoms with van der Waals surface area (Å²) in [5.74, 6) is -1.21. The first-order valence-electron chi connectivity index (χ1n) is 4.14. The molecule has 0 saturated heterocycles. The fraction of sp³-hybridized carbons (Fsp3) is 0.100. The van der Waals surface area contributed by atoms with E-state index in [9.17, 15) is 9.90 Å². The molecule has 0 aliphatic heterocycles. The Morgan fingerprint density at radius 1 is 1.47 bits per heavy atom. The number of phenolic OH excluding ortho intramolecular Hbond substituents is 2. The van der Waals surface area contributed by atoms with Crippen molar-refractivity contribution in [2.24, 2.45) is 0 Å². The molecule has 1 rings (SSSR count). The van der Waals surface area contributed by atoms with Crippen molar-refractivity contribution in [3.8, 4) is 11.5 Å². The minimum Gasteiger partial charge on any atom is -0.504 e. The Hall–Kier alpha value is -1.49. The second-order valence-corrected chi connectivity index (χ2v) is 3.99. The molecule has 0 heterocycles. The average Bonchev–Trinajstić information content (AvgIpc) is 2.18. The summed E-state index contributed by atoms with van der Waals surface area (Å²) in [6.45, 7) is 3.81. The van der Waals surface area contributed by atoms with E-state index >= 15 is 0 Å². The molecule has 0 unspecified atom stereocenters. The number of nitrogens with one attached hydrogen (secondary N) is 1. The highest BCUT2D eigenvalue weighted by Crippen LogP contribution is 2.27. The molecule has 0 spiro atoms. The van der Waals surface area contributed by atoms with Gasteiger partial charge in [-0.3, -0.25) is 4.79 Å². The maximum Gasteiger partial charge on any atom is 0.255 e. The van der Waals surface area contributed by atoms with E-state index in [1.54, 1.807) is 0 Å². The second-order valence-electron chi connectivity index (χ2n) is 2.87. The summed E-state index contributed by atoms with van der Waals surface area (Å²) in [7, 11) is 0. The van der Waals surface area contributed by atoms with Gasteiger partial charge >= 0.3 is 0 Å². The molecule has 1 aromatic rings. The number of carbonyl (C=O) groups excluding carboxylic acids is 1. The number of aromatic hydroxyl groups is 2. The SMILES string of the molecule is C=C(Br)CNC(=O)c1cccc(O)c1O. The lowest BCUT2D eigenvalue weighted by Gasteiger charge is -2.06. The van der Waals surface area contributed by atoms with Gasteiger partial charge in [-0.1, -0.05) is 28.6 Å². The molecule has 0 saturated carbocycles. The molecule has 0 aliphatic carbocycles. The maximum absolute atomic E-state index is 11.5. The number of hydrogen-bond donors (Lipinski definition) is 3. The van der Waals surface area contributed by atoms with Crippen molar-refractivity contribution >= 4 is 21.8 Å². The minimum atomic E-state index is -0.469. The molecule has 0 atom stereocenters. The van der Waals surface area contributed by atoms with E-state index < -0.39 is 11.7 Å². The number of carbonyl (C=O) groups is 1. The summed E-state index contributed by atoms with van der Waals surface area (Å²) < 4.78 is 0.621. The van der Waals surface area contributed by atoms with Crippen LogP contribution in [0.2, 0.25) is 0 Å². The van der Waals surface area contributed by atoms with Crippen LogP contribution in [0.25, 0.3) is 0 Å². The van der Waals surface area contributed by atoms with Gasteiger partial charge in [0.2, 0.25) is 0 Å². The van der Waals surface area contributed by atoms with Gasteiger partial charge in [-0.2, -0.15) is 0 Å². The Morgan fingerprint density at radius 3 is 2.73 bits per heavy atom. The van der Waals surface area contributed by atoms with Crippen LogP contribution < -0.4 is 5.32 Å². The Labute approximate surface area is 95.4 Å². The molecule has 0 fully saturated rings. The third-order valence-electron chi connectivity index (χ3n) is 1.70. The van der Waals surface area contributed by atoms with E-state index in [-0.39, 0.29) is 17.9 Å². The summed E-state index contributed by atoms with van der Waals surface area (Å²) in [5.41, 5.74) is 0.0313. The molecule has 0 bridgehead atoms. The van der Waals surface area contributed by atoms with E-state index in [2.05, 4.69) is 27.8 Å². The number of benzene rings is 1. The standard InChI is InChI=1S/C10H10BrNO3/c1-6(11)5-12-10(15)7-3-2-4-8(13)9(7)14/h2-4,13-14H,1,5H2,(H,12,15). The van der Waals surface area contributed by atoms with E-state index in [0.29, 0.717) is 4.48 Å². The van der Waals surface area contributed by atoms with E-state index in [0.717, 1.165) is 0 Å².